The number of imide groups is 1. The summed E-state index contributed by atoms with van der Waals surface area (Å²) in [5.41, 5.74) is 0.0701. The molecular weight excluding hydrogens is 342 g/mol. The zero-order valence-corrected chi connectivity index (χ0v) is 15.8. The summed E-state index contributed by atoms with van der Waals surface area (Å²) in [6.07, 6.45) is 8.93. The number of nitrogens with zero attached hydrogens (tertiary/aromatic N) is 1. The second-order valence-corrected chi connectivity index (χ2v) is 7.22. The highest BCUT2D eigenvalue weighted by atomic mass is 16.2. The minimum absolute atomic E-state index is 0.335. The Bertz CT molecular complexity index is 822. The smallest absolute Gasteiger partial charge is 0.325 e. The molecule has 2 N–H and O–H groups in total. The van der Waals surface area contributed by atoms with E-state index in [1.54, 1.807) is 0 Å². The first-order valence-corrected chi connectivity index (χ1v) is 9.42. The Balaban J connectivity index is 1.82. The predicted octanol–water partition coefficient (Wildman–Crippen LogP) is 2.08. The summed E-state index contributed by atoms with van der Waals surface area (Å²) in [6, 6.07) is 7.12. The molecule has 1 saturated heterocycles. The largest absolute Gasteiger partial charge is 0.338 e. The molecule has 1 aromatic rings. The fraction of sp³-hybridized carbons (Fsp3) is 0.476. The van der Waals surface area contributed by atoms with E-state index < -0.39 is 23.0 Å². The molecule has 1 aliphatic carbocycles. The Hall–Kier alpha value is -2.81. The lowest BCUT2D eigenvalue weighted by Gasteiger charge is -2.33. The number of hydrogen-bond donors (Lipinski definition) is 2. The van der Waals surface area contributed by atoms with Crippen LogP contribution in [0.1, 0.15) is 50.7 Å². The van der Waals surface area contributed by atoms with E-state index in [0.29, 0.717) is 19.3 Å². The Labute approximate surface area is 159 Å². The highest BCUT2D eigenvalue weighted by molar-refractivity contribution is 6.09. The van der Waals surface area contributed by atoms with Crippen LogP contribution < -0.4 is 10.6 Å². The van der Waals surface area contributed by atoms with E-state index >= 15 is 0 Å². The van der Waals surface area contributed by atoms with Crippen molar-refractivity contribution in [2.75, 3.05) is 6.54 Å². The number of benzene rings is 1. The van der Waals surface area contributed by atoms with Crippen molar-refractivity contribution in [1.82, 2.24) is 15.5 Å². The van der Waals surface area contributed by atoms with Crippen LogP contribution in [0.5, 0.6) is 0 Å². The van der Waals surface area contributed by atoms with Crippen LogP contribution >= 0.6 is 0 Å². The Kier molecular flexibility index (Phi) is 4.97. The lowest BCUT2D eigenvalue weighted by atomic mass is 9.76. The Morgan fingerprint density at radius 2 is 2.04 bits per heavy atom. The monoisotopic (exact) mass is 367 g/mol. The van der Waals surface area contributed by atoms with Crippen molar-refractivity contribution in [2.45, 2.75) is 57.0 Å². The van der Waals surface area contributed by atoms with Crippen LogP contribution in [0.3, 0.4) is 0 Å². The van der Waals surface area contributed by atoms with E-state index in [1.807, 2.05) is 38.1 Å². The summed E-state index contributed by atoms with van der Waals surface area (Å²) >= 11 is 0. The van der Waals surface area contributed by atoms with E-state index in [1.165, 1.54) is 0 Å². The molecule has 27 heavy (non-hydrogen) atoms. The normalized spacial score (nSPS) is 21.6. The van der Waals surface area contributed by atoms with E-state index in [0.717, 1.165) is 28.9 Å². The number of nitrogens with one attached hydrogen (secondary N) is 2. The van der Waals surface area contributed by atoms with E-state index in [4.69, 9.17) is 6.42 Å². The number of aryl methyl sites for hydroxylation is 1. The van der Waals surface area contributed by atoms with Gasteiger partial charge in [-0.3, -0.25) is 14.5 Å². The molecule has 0 bridgehead atoms. The van der Waals surface area contributed by atoms with Crippen molar-refractivity contribution >= 4 is 17.8 Å². The first-order chi connectivity index (χ1) is 12.9. The van der Waals surface area contributed by atoms with Crippen LogP contribution in [0, 0.1) is 12.3 Å². The Morgan fingerprint density at radius 1 is 1.33 bits per heavy atom. The third kappa shape index (κ3) is 3.08. The number of rotatable bonds is 5. The van der Waals surface area contributed by atoms with Crippen LogP contribution in [-0.4, -0.2) is 34.8 Å². The predicted molar refractivity (Wildman–Crippen MR) is 102 cm³/mol. The van der Waals surface area contributed by atoms with Gasteiger partial charge in [0.15, 0.2) is 0 Å². The number of carbonyl (C=O) groups is 3. The average Bonchev–Trinajstić information content (AvgIpc) is 2.91. The number of amides is 4. The lowest BCUT2D eigenvalue weighted by Crippen LogP contribution is -2.51. The van der Waals surface area contributed by atoms with Crippen LogP contribution in [0.15, 0.2) is 24.3 Å². The first-order valence-electron chi connectivity index (χ1n) is 9.42. The third-order valence-corrected chi connectivity index (χ3v) is 5.81. The van der Waals surface area contributed by atoms with Gasteiger partial charge in [-0.2, -0.15) is 0 Å². The van der Waals surface area contributed by atoms with Crippen LogP contribution in [0.4, 0.5) is 4.79 Å². The highest BCUT2D eigenvalue weighted by Gasteiger charge is 2.54. The number of carbonyl (C=O) groups excluding carboxylic acids is 3. The molecule has 1 aliphatic heterocycles. The molecule has 6 heteroatoms. The van der Waals surface area contributed by atoms with Crippen molar-refractivity contribution in [3.8, 4) is 12.3 Å². The summed E-state index contributed by atoms with van der Waals surface area (Å²) in [7, 11) is 0. The molecule has 1 heterocycles. The van der Waals surface area contributed by atoms with Crippen molar-refractivity contribution in [3.63, 3.8) is 0 Å². The number of fused-ring (bicyclic) bond motifs is 2. The van der Waals surface area contributed by atoms with Gasteiger partial charge in [0.05, 0.1) is 0 Å². The molecule has 2 aliphatic rings. The molecule has 0 saturated carbocycles. The maximum absolute atomic E-state index is 13.2. The van der Waals surface area contributed by atoms with Gasteiger partial charge < -0.3 is 10.6 Å². The van der Waals surface area contributed by atoms with E-state index in [-0.39, 0.29) is 12.5 Å². The van der Waals surface area contributed by atoms with Gasteiger partial charge in [-0.1, -0.05) is 44.0 Å². The molecule has 3 rings (SSSR count). The van der Waals surface area contributed by atoms with E-state index in [2.05, 4.69) is 16.6 Å². The second kappa shape index (κ2) is 7.07. The molecule has 142 valence electrons. The summed E-state index contributed by atoms with van der Waals surface area (Å²) < 4.78 is 0. The van der Waals surface area contributed by atoms with Gasteiger partial charge in [0.1, 0.15) is 17.6 Å². The lowest BCUT2D eigenvalue weighted by molar-refractivity contribution is -0.136. The van der Waals surface area contributed by atoms with Gasteiger partial charge in [0.2, 0.25) is 5.91 Å². The minimum atomic E-state index is -1.06. The quantitative estimate of drug-likeness (QED) is 0.618. The van der Waals surface area contributed by atoms with Gasteiger partial charge in [-0.15, -0.1) is 6.42 Å². The van der Waals surface area contributed by atoms with Crippen molar-refractivity contribution in [1.29, 1.82) is 0 Å². The van der Waals surface area contributed by atoms with Gasteiger partial charge in [0, 0.05) is 0 Å². The summed E-state index contributed by atoms with van der Waals surface area (Å²) in [6.45, 7) is 3.45. The summed E-state index contributed by atoms with van der Waals surface area (Å²) in [5.74, 6) is 1.83. The van der Waals surface area contributed by atoms with Crippen molar-refractivity contribution < 1.29 is 14.4 Å². The fourth-order valence-electron chi connectivity index (χ4n) is 4.07. The fourth-order valence-corrected chi connectivity index (χ4v) is 4.07. The second-order valence-electron chi connectivity index (χ2n) is 7.22. The Morgan fingerprint density at radius 3 is 2.70 bits per heavy atom. The maximum Gasteiger partial charge on any atom is 0.325 e. The van der Waals surface area contributed by atoms with Gasteiger partial charge >= 0.3 is 6.03 Å². The maximum atomic E-state index is 13.2. The summed E-state index contributed by atoms with van der Waals surface area (Å²) in [5, 5.41) is 5.66. The molecule has 0 radical (unpaired) electrons. The van der Waals surface area contributed by atoms with Crippen molar-refractivity contribution in [3.05, 3.63) is 35.4 Å². The summed E-state index contributed by atoms with van der Waals surface area (Å²) in [4.78, 5) is 39.3. The molecule has 1 aromatic carbocycles. The van der Waals surface area contributed by atoms with Gasteiger partial charge in [-0.05, 0) is 43.2 Å². The SMILES string of the molecule is C#CC(CC)(CC)NC(=O)CN1C(=O)NC2(CCCc3ccccc32)C1=O. The average molecular weight is 367 g/mol. The van der Waals surface area contributed by atoms with Crippen LogP contribution in [0.2, 0.25) is 0 Å². The topological polar surface area (TPSA) is 78.5 Å². The van der Waals surface area contributed by atoms with Crippen LogP contribution in [-0.2, 0) is 21.5 Å². The molecular formula is C21H25N3O3. The third-order valence-electron chi connectivity index (χ3n) is 5.81. The van der Waals surface area contributed by atoms with Crippen LogP contribution in [0.25, 0.3) is 0 Å². The highest BCUT2D eigenvalue weighted by Crippen LogP contribution is 2.39. The number of urea groups is 1. The molecule has 1 spiro atoms. The van der Waals surface area contributed by atoms with Crippen molar-refractivity contribution in [2.24, 2.45) is 0 Å². The number of hydrogen-bond acceptors (Lipinski definition) is 3. The van der Waals surface area contributed by atoms with Gasteiger partial charge in [0.25, 0.3) is 5.91 Å². The number of terminal acetylenes is 1. The molecule has 1 atom stereocenters. The molecule has 1 unspecified atom stereocenters. The zero-order valence-electron chi connectivity index (χ0n) is 15.8. The van der Waals surface area contributed by atoms with Gasteiger partial charge in [-0.25, -0.2) is 4.79 Å². The standard InChI is InChI=1S/C21H25N3O3/c1-4-20(5-2,6-3)22-17(25)14-24-18(26)21(23-19(24)27)13-9-11-15-10-7-8-12-16(15)21/h1,7-8,10,12H,5-6,9,11,13-14H2,2-3H3,(H,22,25)(H,23,27). The first kappa shape index (κ1) is 19.0. The molecule has 1 fully saturated rings. The molecule has 6 nitrogen and oxygen atoms in total. The zero-order chi connectivity index (χ0) is 19.7. The molecule has 0 aromatic heterocycles. The minimum Gasteiger partial charge on any atom is -0.338 e. The van der Waals surface area contributed by atoms with E-state index in [9.17, 15) is 14.4 Å². The molecule has 4 amide bonds.